The van der Waals surface area contributed by atoms with Gasteiger partial charge in [-0.2, -0.15) is 0 Å². The number of carbonyl (C=O) groups excluding carboxylic acids is 1. The average Bonchev–Trinajstić information content (AvgIpc) is 3.04. The maximum Gasteiger partial charge on any atom is 0.222 e. The van der Waals surface area contributed by atoms with Gasteiger partial charge < -0.3 is 34.7 Å². The molecule has 5 rings (SSSR count). The van der Waals surface area contributed by atoms with Gasteiger partial charge in [-0.15, -0.1) is 0 Å². The van der Waals surface area contributed by atoms with Gasteiger partial charge in [0.05, 0.1) is 34.5 Å². The molecular formula is C36H46N2O6. The summed E-state index contributed by atoms with van der Waals surface area (Å²) in [5.74, 6) is 2.48. The van der Waals surface area contributed by atoms with Gasteiger partial charge in [-0.1, -0.05) is 42.8 Å². The lowest BCUT2D eigenvalue weighted by Crippen LogP contribution is -2.68. The molecule has 0 unspecified atom stereocenters. The summed E-state index contributed by atoms with van der Waals surface area (Å²) in [6, 6.07) is 23.8. The SMILES string of the molecule is COc1ccc(C(OCC2(CO)CC3(CN(C(=O)CCCCCN)C3)C2)(c2ccc(OC)cc2)c2ccc(OC)cc2)cc1. The van der Waals surface area contributed by atoms with Gasteiger partial charge in [0.15, 0.2) is 0 Å². The molecule has 1 aliphatic carbocycles. The summed E-state index contributed by atoms with van der Waals surface area (Å²) in [5, 5.41) is 10.7. The minimum atomic E-state index is -0.985. The molecule has 1 heterocycles. The molecule has 3 N–H and O–H groups in total. The number of aliphatic hydroxyl groups is 1. The van der Waals surface area contributed by atoms with Crippen LogP contribution in [0.2, 0.25) is 0 Å². The van der Waals surface area contributed by atoms with Gasteiger partial charge in [-0.05, 0) is 85.3 Å². The van der Waals surface area contributed by atoms with Crippen molar-refractivity contribution in [3.63, 3.8) is 0 Å². The molecule has 8 heteroatoms. The number of unbranched alkanes of at least 4 members (excludes halogenated alkanes) is 2. The smallest absolute Gasteiger partial charge is 0.222 e. The van der Waals surface area contributed by atoms with Crippen LogP contribution in [0.5, 0.6) is 17.2 Å². The first kappa shape index (κ1) is 31.8. The summed E-state index contributed by atoms with van der Waals surface area (Å²) in [4.78, 5) is 14.7. The zero-order valence-corrected chi connectivity index (χ0v) is 26.2. The molecule has 2 aliphatic rings. The monoisotopic (exact) mass is 602 g/mol. The Kier molecular flexibility index (Phi) is 9.83. The summed E-state index contributed by atoms with van der Waals surface area (Å²) in [5.41, 5.74) is 7.07. The zero-order chi connectivity index (χ0) is 31.2. The van der Waals surface area contributed by atoms with E-state index in [-0.39, 0.29) is 17.9 Å². The van der Waals surface area contributed by atoms with Crippen molar-refractivity contribution >= 4 is 5.91 Å². The Morgan fingerprint density at radius 3 is 1.61 bits per heavy atom. The highest BCUT2D eigenvalue weighted by atomic mass is 16.5. The lowest BCUT2D eigenvalue weighted by Gasteiger charge is -2.64. The van der Waals surface area contributed by atoms with Gasteiger partial charge in [-0.3, -0.25) is 4.79 Å². The number of likely N-dealkylation sites (tertiary alicyclic amines) is 1. The molecule has 3 aromatic rings. The van der Waals surface area contributed by atoms with E-state index in [1.165, 1.54) is 0 Å². The number of ether oxygens (including phenoxy) is 4. The number of nitrogens with zero attached hydrogens (tertiary/aromatic N) is 1. The molecule has 44 heavy (non-hydrogen) atoms. The Hall–Kier alpha value is -3.59. The van der Waals surface area contributed by atoms with Crippen molar-refractivity contribution in [1.29, 1.82) is 0 Å². The van der Waals surface area contributed by atoms with Gasteiger partial charge in [0.25, 0.3) is 0 Å². The fourth-order valence-corrected chi connectivity index (χ4v) is 7.21. The van der Waals surface area contributed by atoms with E-state index >= 15 is 0 Å². The molecule has 1 saturated heterocycles. The van der Waals surface area contributed by atoms with Gasteiger partial charge in [-0.25, -0.2) is 0 Å². The third kappa shape index (κ3) is 6.29. The van der Waals surface area contributed by atoms with E-state index in [1.54, 1.807) is 21.3 Å². The second-order valence-electron chi connectivity index (χ2n) is 12.5. The van der Waals surface area contributed by atoms with Gasteiger partial charge >= 0.3 is 0 Å². The molecule has 1 spiro atoms. The number of carbonyl (C=O) groups is 1. The molecule has 1 saturated carbocycles. The standard InChI is InChI=1S/C36H46N2O6/c1-41-30-14-8-27(9-15-30)36(28-10-16-31(42-2)17-11-28,29-12-18-32(43-3)19-13-29)44-26-35(25-39)21-34(22-35)23-38(24-34)33(40)7-5-4-6-20-37/h8-19,39H,4-7,20-26,37H2,1-3H3. The predicted octanol–water partition coefficient (Wildman–Crippen LogP) is 5.14. The number of aliphatic hydroxyl groups excluding tert-OH is 1. The Bertz CT molecular complexity index is 1240. The number of benzene rings is 3. The quantitative estimate of drug-likeness (QED) is 0.183. The van der Waals surface area contributed by atoms with Crippen LogP contribution in [-0.4, -0.2) is 70.1 Å². The molecule has 0 aromatic heterocycles. The summed E-state index contributed by atoms with van der Waals surface area (Å²) in [6.45, 7) is 2.55. The van der Waals surface area contributed by atoms with Gasteiger partial charge in [0.1, 0.15) is 22.8 Å². The van der Waals surface area contributed by atoms with E-state index in [9.17, 15) is 9.90 Å². The largest absolute Gasteiger partial charge is 0.497 e. The zero-order valence-electron chi connectivity index (χ0n) is 26.2. The maximum absolute atomic E-state index is 12.7. The number of amides is 1. The van der Waals surface area contributed by atoms with Crippen LogP contribution in [0.4, 0.5) is 0 Å². The lowest BCUT2D eigenvalue weighted by atomic mass is 9.50. The first-order valence-corrected chi connectivity index (χ1v) is 15.5. The number of methoxy groups -OCH3 is 3. The van der Waals surface area contributed by atoms with E-state index in [1.807, 2.05) is 77.7 Å². The summed E-state index contributed by atoms with van der Waals surface area (Å²) >= 11 is 0. The Morgan fingerprint density at radius 2 is 1.23 bits per heavy atom. The van der Waals surface area contributed by atoms with Crippen molar-refractivity contribution in [3.8, 4) is 17.2 Å². The number of rotatable bonds is 15. The van der Waals surface area contributed by atoms with Crippen molar-refractivity contribution < 1.29 is 28.8 Å². The maximum atomic E-state index is 12.7. The Balaban J connectivity index is 1.41. The van der Waals surface area contributed by atoms with Crippen molar-refractivity contribution in [3.05, 3.63) is 89.5 Å². The molecular weight excluding hydrogens is 556 g/mol. The van der Waals surface area contributed by atoms with E-state index in [4.69, 9.17) is 24.7 Å². The van der Waals surface area contributed by atoms with Gasteiger partial charge in [0.2, 0.25) is 5.91 Å². The molecule has 1 aliphatic heterocycles. The molecule has 3 aromatic carbocycles. The third-order valence-electron chi connectivity index (χ3n) is 9.42. The van der Waals surface area contributed by atoms with Crippen LogP contribution >= 0.6 is 0 Å². The van der Waals surface area contributed by atoms with E-state index < -0.39 is 11.0 Å². The minimum Gasteiger partial charge on any atom is -0.497 e. The Morgan fingerprint density at radius 1 is 0.773 bits per heavy atom. The molecule has 0 radical (unpaired) electrons. The van der Waals surface area contributed by atoms with E-state index in [2.05, 4.69) is 0 Å². The van der Waals surface area contributed by atoms with Crippen LogP contribution in [-0.2, 0) is 15.1 Å². The van der Waals surface area contributed by atoms with E-state index in [0.717, 1.165) is 79.1 Å². The number of hydrogen-bond donors (Lipinski definition) is 2. The number of hydrogen-bond acceptors (Lipinski definition) is 7. The molecule has 8 nitrogen and oxygen atoms in total. The molecule has 236 valence electrons. The minimum absolute atomic E-state index is 0.0195. The van der Waals surface area contributed by atoms with E-state index in [0.29, 0.717) is 19.6 Å². The summed E-state index contributed by atoms with van der Waals surface area (Å²) in [7, 11) is 4.96. The van der Waals surface area contributed by atoms with Gasteiger partial charge in [0, 0.05) is 30.3 Å². The summed E-state index contributed by atoms with van der Waals surface area (Å²) in [6.07, 6.45) is 5.05. The van der Waals surface area contributed by atoms with Crippen molar-refractivity contribution in [2.75, 3.05) is 54.2 Å². The van der Waals surface area contributed by atoms with Crippen molar-refractivity contribution in [1.82, 2.24) is 4.90 Å². The van der Waals surface area contributed by atoms with Crippen LogP contribution in [0.3, 0.4) is 0 Å². The fourth-order valence-electron chi connectivity index (χ4n) is 7.21. The summed E-state index contributed by atoms with van der Waals surface area (Å²) < 4.78 is 23.6. The van der Waals surface area contributed by atoms with Crippen molar-refractivity contribution in [2.45, 2.75) is 44.1 Å². The third-order valence-corrected chi connectivity index (χ3v) is 9.42. The highest BCUT2D eigenvalue weighted by molar-refractivity contribution is 5.77. The highest BCUT2D eigenvalue weighted by Crippen LogP contribution is 2.60. The molecule has 1 amide bonds. The average molecular weight is 603 g/mol. The first-order chi connectivity index (χ1) is 21.3. The fraction of sp³-hybridized carbons (Fsp3) is 0.472. The van der Waals surface area contributed by atoms with Crippen LogP contribution in [0, 0.1) is 10.8 Å². The highest BCUT2D eigenvalue weighted by Gasteiger charge is 2.61. The Labute approximate surface area is 261 Å². The lowest BCUT2D eigenvalue weighted by molar-refractivity contribution is -0.198. The van der Waals surface area contributed by atoms with Crippen LogP contribution < -0.4 is 19.9 Å². The van der Waals surface area contributed by atoms with Crippen LogP contribution in [0.25, 0.3) is 0 Å². The normalized spacial score (nSPS) is 16.6. The van der Waals surface area contributed by atoms with Crippen LogP contribution in [0.1, 0.15) is 55.2 Å². The molecule has 2 fully saturated rings. The molecule has 0 atom stereocenters. The number of nitrogens with two attached hydrogens (primary N) is 1. The molecule has 0 bridgehead atoms. The second-order valence-corrected chi connectivity index (χ2v) is 12.5. The van der Waals surface area contributed by atoms with Crippen LogP contribution in [0.15, 0.2) is 72.8 Å². The first-order valence-electron chi connectivity index (χ1n) is 15.5. The second kappa shape index (κ2) is 13.6. The van der Waals surface area contributed by atoms with Crippen molar-refractivity contribution in [2.24, 2.45) is 16.6 Å². The topological polar surface area (TPSA) is 103 Å². The predicted molar refractivity (Wildman–Crippen MR) is 170 cm³/mol.